The molecular formula is C47H68N2O7S4+2. The molecule has 2 aromatic carbocycles. The molecule has 2 aromatic rings. The maximum atomic E-state index is 14.0. The number of nitrogens with zero attached hydrogens (tertiary/aromatic N) is 2. The van der Waals surface area contributed by atoms with E-state index in [1.54, 1.807) is 24.3 Å². The van der Waals surface area contributed by atoms with Crippen LogP contribution in [0.15, 0.2) is 59.7 Å². The van der Waals surface area contributed by atoms with Gasteiger partial charge in [-0.15, -0.1) is 0 Å². The maximum absolute atomic E-state index is 14.0. The quantitative estimate of drug-likeness (QED) is 0.0372. The number of carbonyl (C=O) groups is 3. The molecule has 1 atom stereocenters. The van der Waals surface area contributed by atoms with Gasteiger partial charge >= 0.3 is 17.9 Å². The molecule has 3 aliphatic rings. The highest BCUT2D eigenvalue weighted by molar-refractivity contribution is 8.77. The molecule has 9 nitrogen and oxygen atoms in total. The zero-order valence-electron chi connectivity index (χ0n) is 37.8. The average Bonchev–Trinajstić information content (AvgIpc) is 3.47. The van der Waals surface area contributed by atoms with Crippen LogP contribution < -0.4 is 14.2 Å². The number of hydrogen-bond donors (Lipinski definition) is 0. The zero-order valence-corrected chi connectivity index (χ0v) is 41.0. The molecule has 0 saturated carbocycles. The van der Waals surface area contributed by atoms with E-state index in [-0.39, 0.29) is 17.9 Å². The van der Waals surface area contributed by atoms with Crippen molar-refractivity contribution >= 4 is 61.1 Å². The summed E-state index contributed by atoms with van der Waals surface area (Å²) in [4.78, 5) is 41.7. The van der Waals surface area contributed by atoms with E-state index < -0.39 is 22.4 Å². The molecule has 1 spiro atoms. The standard InChI is InChI=1S/C47H68N2O7S4/c1-12-45(13-2,22-26-57-59-28-24-48(6,7)8)43(51)53-34-17-20-37-40(31-34)55-41-32-35(18-21-38(41)47(37)39-30-33(5)16-19-36(39)42(50)56-47)54-44(52)46(14-3,15-4)23-27-58-60-29-25-49(9,10)11/h17-21,30-33H,12-16,22-29H2,1-11H3/q+2. The highest BCUT2D eigenvalue weighted by atomic mass is 33.1. The van der Waals surface area contributed by atoms with Crippen LogP contribution in [-0.4, -0.2) is 105 Å². The number of fused-ring (bicyclic) bond motifs is 6. The van der Waals surface area contributed by atoms with Gasteiger partial charge in [0.25, 0.3) is 0 Å². The van der Waals surface area contributed by atoms with Gasteiger partial charge < -0.3 is 27.9 Å². The number of hydrogen-bond acceptors (Lipinski definition) is 11. The number of esters is 3. The number of ether oxygens (including phenoxy) is 4. The Kier molecular flexibility index (Phi) is 16.4. The molecule has 1 unspecified atom stereocenters. The van der Waals surface area contributed by atoms with Crippen molar-refractivity contribution in [1.29, 1.82) is 0 Å². The van der Waals surface area contributed by atoms with E-state index >= 15 is 0 Å². The Morgan fingerprint density at radius 3 is 1.57 bits per heavy atom. The summed E-state index contributed by atoms with van der Waals surface area (Å²) in [6, 6.07) is 10.7. The third kappa shape index (κ3) is 11.1. The minimum Gasteiger partial charge on any atom is -0.456 e. The molecule has 2 heterocycles. The highest BCUT2D eigenvalue weighted by Crippen LogP contribution is 2.59. The van der Waals surface area contributed by atoms with Crippen molar-refractivity contribution in [2.24, 2.45) is 16.7 Å². The zero-order chi connectivity index (χ0) is 43.9. The largest absolute Gasteiger partial charge is 0.456 e. The van der Waals surface area contributed by atoms with Gasteiger partial charge in [-0.05, 0) is 75.1 Å². The topological polar surface area (TPSA) is 88.1 Å². The first-order valence-electron chi connectivity index (χ1n) is 21.5. The van der Waals surface area contributed by atoms with Crippen LogP contribution in [0.3, 0.4) is 0 Å². The molecule has 1 saturated heterocycles. The third-order valence-corrected chi connectivity index (χ3v) is 17.1. The van der Waals surface area contributed by atoms with E-state index in [0.29, 0.717) is 78.2 Å². The fourth-order valence-electron chi connectivity index (χ4n) is 7.90. The van der Waals surface area contributed by atoms with E-state index in [2.05, 4.69) is 83.0 Å². The van der Waals surface area contributed by atoms with Crippen molar-refractivity contribution in [3.05, 3.63) is 70.8 Å². The van der Waals surface area contributed by atoms with E-state index in [0.717, 1.165) is 57.1 Å². The van der Waals surface area contributed by atoms with Crippen molar-refractivity contribution in [2.75, 3.05) is 78.4 Å². The first-order valence-corrected chi connectivity index (χ1v) is 26.5. The summed E-state index contributed by atoms with van der Waals surface area (Å²) < 4.78 is 27.3. The molecule has 330 valence electrons. The molecule has 5 rings (SSSR count). The molecule has 0 amide bonds. The van der Waals surface area contributed by atoms with E-state index in [4.69, 9.17) is 18.9 Å². The molecule has 1 fully saturated rings. The smallest absolute Gasteiger partial charge is 0.339 e. The van der Waals surface area contributed by atoms with Gasteiger partial charge in [-0.1, -0.05) is 89.9 Å². The van der Waals surface area contributed by atoms with E-state index in [9.17, 15) is 14.4 Å². The van der Waals surface area contributed by atoms with E-state index in [1.807, 2.05) is 61.4 Å². The highest BCUT2D eigenvalue weighted by Gasteiger charge is 2.56. The normalized spacial score (nSPS) is 17.2. The summed E-state index contributed by atoms with van der Waals surface area (Å²) in [6.45, 7) is 12.5. The fraction of sp³-hybridized carbons (Fsp3) is 0.596. The molecule has 0 radical (unpaired) electrons. The first-order chi connectivity index (χ1) is 28.4. The molecular weight excluding hydrogens is 833 g/mol. The first kappa shape index (κ1) is 48.5. The van der Waals surface area contributed by atoms with E-state index in [1.165, 1.54) is 0 Å². The predicted octanol–water partition coefficient (Wildman–Crippen LogP) is 10.9. The van der Waals surface area contributed by atoms with Gasteiger partial charge in [-0.25, -0.2) is 4.79 Å². The Morgan fingerprint density at radius 2 is 1.15 bits per heavy atom. The van der Waals surface area contributed by atoms with Crippen LogP contribution in [0.1, 0.15) is 90.7 Å². The summed E-state index contributed by atoms with van der Waals surface area (Å²) in [7, 11) is 20.5. The Bertz CT molecular complexity index is 1820. The number of allylic oxidation sites excluding steroid dienone is 2. The second kappa shape index (κ2) is 20.3. The van der Waals surface area contributed by atoms with Crippen molar-refractivity contribution in [2.45, 2.75) is 85.2 Å². The van der Waals surface area contributed by atoms with Crippen molar-refractivity contribution in [3.8, 4) is 23.0 Å². The molecule has 0 aromatic heterocycles. The molecule has 13 heteroatoms. The number of carbonyl (C=O) groups excluding carboxylic acids is 3. The maximum Gasteiger partial charge on any atom is 0.339 e. The van der Waals surface area contributed by atoms with Gasteiger partial charge in [-0.2, -0.15) is 0 Å². The lowest BCUT2D eigenvalue weighted by atomic mass is 9.74. The van der Waals surface area contributed by atoms with Gasteiger partial charge in [0, 0.05) is 40.3 Å². The predicted molar refractivity (Wildman–Crippen MR) is 252 cm³/mol. The Labute approximate surface area is 375 Å². The lowest BCUT2D eigenvalue weighted by Crippen LogP contribution is -2.36. The van der Waals surface area contributed by atoms with Gasteiger partial charge in [0.2, 0.25) is 0 Å². The minimum atomic E-state index is -1.29. The molecule has 0 bridgehead atoms. The second-order valence-electron chi connectivity index (χ2n) is 18.5. The van der Waals surface area contributed by atoms with Crippen molar-refractivity contribution in [1.82, 2.24) is 0 Å². The average molecular weight is 901 g/mol. The molecule has 60 heavy (non-hydrogen) atoms. The second-order valence-corrected chi connectivity index (χ2v) is 23.9. The van der Waals surface area contributed by atoms with Gasteiger partial charge in [-0.3, -0.25) is 9.59 Å². The Morgan fingerprint density at radius 1 is 0.717 bits per heavy atom. The number of rotatable bonds is 22. The van der Waals surface area contributed by atoms with Crippen LogP contribution in [0.2, 0.25) is 0 Å². The van der Waals surface area contributed by atoms with Crippen LogP contribution in [-0.2, 0) is 24.7 Å². The lowest BCUT2D eigenvalue weighted by Gasteiger charge is -2.37. The summed E-state index contributed by atoms with van der Waals surface area (Å²) >= 11 is 0. The third-order valence-electron chi connectivity index (χ3n) is 12.3. The van der Waals surface area contributed by atoms with Crippen molar-refractivity contribution in [3.63, 3.8) is 0 Å². The minimum absolute atomic E-state index is 0.182. The Balaban J connectivity index is 1.41. The van der Waals surface area contributed by atoms with Crippen LogP contribution in [0.5, 0.6) is 23.0 Å². The van der Waals surface area contributed by atoms with Gasteiger partial charge in [0.15, 0.2) is 5.60 Å². The van der Waals surface area contributed by atoms with Crippen LogP contribution in [0.4, 0.5) is 0 Å². The van der Waals surface area contributed by atoms with Crippen molar-refractivity contribution < 1.29 is 42.3 Å². The summed E-state index contributed by atoms with van der Waals surface area (Å²) in [6.07, 6.45) is 8.88. The SMILES string of the molecule is CCC(CC)(CCSSCC[N+](C)(C)C)C(=O)Oc1ccc2c(c1)Oc1cc(OC(=O)C(CC)(CC)CCSSCC[N+](C)(C)C)ccc1C21OC(=O)C2=CCC(C)C=C21. The summed E-state index contributed by atoms with van der Waals surface area (Å²) in [5.41, 5.74) is 0.0540. The summed E-state index contributed by atoms with van der Waals surface area (Å²) in [5.74, 6) is 4.57. The molecule has 2 aliphatic heterocycles. The van der Waals surface area contributed by atoms with Gasteiger partial charge in [0.05, 0.1) is 83.3 Å². The lowest BCUT2D eigenvalue weighted by molar-refractivity contribution is -0.867. The molecule has 1 aliphatic carbocycles. The summed E-state index contributed by atoms with van der Waals surface area (Å²) in [5, 5.41) is 0. The number of benzene rings is 2. The number of quaternary nitrogens is 2. The fourth-order valence-corrected chi connectivity index (χ4v) is 12.9. The Hall–Kier alpha value is -2.55. The van der Waals surface area contributed by atoms with Crippen LogP contribution in [0.25, 0.3) is 0 Å². The van der Waals surface area contributed by atoms with Crippen LogP contribution in [0, 0.1) is 16.7 Å². The van der Waals surface area contributed by atoms with Gasteiger partial charge in [0.1, 0.15) is 23.0 Å². The monoisotopic (exact) mass is 900 g/mol. The molecule has 0 N–H and O–H groups in total. The van der Waals surface area contributed by atoms with Crippen LogP contribution >= 0.6 is 43.2 Å².